The van der Waals surface area contributed by atoms with E-state index in [9.17, 15) is 4.79 Å². The second-order valence-corrected chi connectivity index (χ2v) is 6.03. The number of nitrogens with zero attached hydrogens (tertiary/aromatic N) is 3. The van der Waals surface area contributed by atoms with Crippen molar-refractivity contribution in [1.29, 1.82) is 0 Å². The quantitative estimate of drug-likeness (QED) is 0.644. The Morgan fingerprint density at radius 1 is 1.29 bits per heavy atom. The summed E-state index contributed by atoms with van der Waals surface area (Å²) in [5.41, 5.74) is 2.30. The van der Waals surface area contributed by atoms with E-state index in [0.717, 1.165) is 21.9 Å². The van der Waals surface area contributed by atoms with Gasteiger partial charge in [-0.15, -0.1) is 11.3 Å². The van der Waals surface area contributed by atoms with E-state index in [2.05, 4.69) is 10.1 Å². The van der Waals surface area contributed by atoms with Crippen molar-refractivity contribution in [3.05, 3.63) is 53.3 Å². The molecule has 1 aromatic carbocycles. The molecule has 0 aliphatic carbocycles. The van der Waals surface area contributed by atoms with Crippen molar-refractivity contribution >= 4 is 17.3 Å². The lowest BCUT2D eigenvalue weighted by atomic mass is 10.2. The summed E-state index contributed by atoms with van der Waals surface area (Å²) < 4.78 is 12.1. The first kappa shape index (κ1) is 16.2. The molecule has 0 aliphatic heterocycles. The topological polar surface area (TPSA) is 66.2 Å². The molecule has 3 aromatic rings. The highest BCUT2D eigenvalue weighted by molar-refractivity contribution is 7.13. The normalized spacial score (nSPS) is 10.6. The van der Waals surface area contributed by atoms with E-state index in [4.69, 9.17) is 9.47 Å². The third-order valence-corrected chi connectivity index (χ3v) is 4.32. The average molecular weight is 343 g/mol. The van der Waals surface area contributed by atoms with Gasteiger partial charge in [0, 0.05) is 30.6 Å². The number of hydrogen-bond donors (Lipinski definition) is 0. The molecular weight excluding hydrogens is 326 g/mol. The predicted octanol–water partition coefficient (Wildman–Crippen LogP) is 2.95. The van der Waals surface area contributed by atoms with Crippen LogP contribution < -0.4 is 4.74 Å². The first-order valence-corrected chi connectivity index (χ1v) is 8.28. The molecule has 0 amide bonds. The molecule has 2 aromatic heterocycles. The molecule has 0 aliphatic rings. The van der Waals surface area contributed by atoms with Gasteiger partial charge >= 0.3 is 5.97 Å². The molecule has 2 heterocycles. The van der Waals surface area contributed by atoms with E-state index < -0.39 is 5.97 Å². The summed E-state index contributed by atoms with van der Waals surface area (Å²) in [6.07, 6.45) is 4.30. The van der Waals surface area contributed by atoms with Gasteiger partial charge in [-0.3, -0.25) is 4.68 Å². The lowest BCUT2D eigenvalue weighted by Crippen LogP contribution is -2.08. The largest absolute Gasteiger partial charge is 0.497 e. The molecule has 0 unspecified atom stereocenters. The SMILES string of the molecule is COc1ccc(-c2nc(C(=O)OCCc3cnn(C)c3)cs2)cc1. The molecule has 0 bridgehead atoms. The number of rotatable bonds is 6. The molecule has 7 heteroatoms. The van der Waals surface area contributed by atoms with Crippen LogP contribution in [-0.2, 0) is 18.2 Å². The summed E-state index contributed by atoms with van der Waals surface area (Å²) >= 11 is 1.41. The Bertz CT molecular complexity index is 824. The second kappa shape index (κ2) is 7.27. The average Bonchev–Trinajstić information content (AvgIpc) is 3.24. The summed E-state index contributed by atoms with van der Waals surface area (Å²) in [5, 5.41) is 6.57. The Morgan fingerprint density at radius 2 is 2.08 bits per heavy atom. The maximum absolute atomic E-state index is 12.1. The molecule has 6 nitrogen and oxygen atoms in total. The minimum atomic E-state index is -0.407. The number of aryl methyl sites for hydroxylation is 1. The van der Waals surface area contributed by atoms with E-state index in [0.29, 0.717) is 18.7 Å². The van der Waals surface area contributed by atoms with Gasteiger partial charge in [-0.25, -0.2) is 9.78 Å². The van der Waals surface area contributed by atoms with E-state index in [1.165, 1.54) is 11.3 Å². The van der Waals surface area contributed by atoms with Crippen molar-refractivity contribution in [3.63, 3.8) is 0 Å². The van der Waals surface area contributed by atoms with Crippen LogP contribution in [0.15, 0.2) is 42.0 Å². The van der Waals surface area contributed by atoms with Gasteiger partial charge in [0.05, 0.1) is 19.9 Å². The highest BCUT2D eigenvalue weighted by atomic mass is 32.1. The Balaban J connectivity index is 1.58. The van der Waals surface area contributed by atoms with Crippen molar-refractivity contribution < 1.29 is 14.3 Å². The molecule has 0 saturated heterocycles. The van der Waals surface area contributed by atoms with Crippen molar-refractivity contribution in [3.8, 4) is 16.3 Å². The molecule has 0 fully saturated rings. The monoisotopic (exact) mass is 343 g/mol. The number of esters is 1. The van der Waals surface area contributed by atoms with Crippen LogP contribution in [0.5, 0.6) is 5.75 Å². The lowest BCUT2D eigenvalue weighted by Gasteiger charge is -2.01. The Morgan fingerprint density at radius 3 is 2.75 bits per heavy atom. The molecule has 0 N–H and O–H groups in total. The number of carbonyl (C=O) groups is 1. The van der Waals surface area contributed by atoms with Crippen LogP contribution in [0.2, 0.25) is 0 Å². The number of thiazole rings is 1. The molecule has 3 rings (SSSR count). The van der Waals surface area contributed by atoms with Gasteiger partial charge in [-0.2, -0.15) is 5.10 Å². The Hall–Kier alpha value is -2.67. The van der Waals surface area contributed by atoms with Gasteiger partial charge in [0.25, 0.3) is 0 Å². The maximum Gasteiger partial charge on any atom is 0.357 e. The molecule has 0 saturated carbocycles. The van der Waals surface area contributed by atoms with Gasteiger partial charge < -0.3 is 9.47 Å². The van der Waals surface area contributed by atoms with Crippen LogP contribution >= 0.6 is 11.3 Å². The molecule has 124 valence electrons. The first-order chi connectivity index (χ1) is 11.7. The molecule has 0 spiro atoms. The standard InChI is InChI=1S/C17H17N3O3S/c1-20-10-12(9-18-20)7-8-23-17(21)15-11-24-16(19-15)13-3-5-14(22-2)6-4-13/h3-6,9-11H,7-8H2,1-2H3. The summed E-state index contributed by atoms with van der Waals surface area (Å²) in [7, 11) is 3.48. The van der Waals surface area contributed by atoms with Gasteiger partial charge in [-0.1, -0.05) is 0 Å². The lowest BCUT2D eigenvalue weighted by molar-refractivity contribution is 0.0503. The number of methoxy groups -OCH3 is 1. The smallest absolute Gasteiger partial charge is 0.357 e. The zero-order chi connectivity index (χ0) is 16.9. The molecule has 0 radical (unpaired) electrons. The van der Waals surface area contributed by atoms with E-state index in [1.807, 2.05) is 37.5 Å². The molecular formula is C17H17N3O3S. The van der Waals surface area contributed by atoms with Gasteiger partial charge in [0.2, 0.25) is 0 Å². The predicted molar refractivity (Wildman–Crippen MR) is 91.3 cm³/mol. The van der Waals surface area contributed by atoms with E-state index in [1.54, 1.807) is 23.4 Å². The van der Waals surface area contributed by atoms with Crippen LogP contribution in [0.4, 0.5) is 0 Å². The summed E-state index contributed by atoms with van der Waals surface area (Å²) in [6.45, 7) is 0.305. The minimum Gasteiger partial charge on any atom is -0.497 e. The van der Waals surface area contributed by atoms with Crippen molar-refractivity contribution in [1.82, 2.24) is 14.8 Å². The number of carbonyl (C=O) groups excluding carboxylic acids is 1. The zero-order valence-electron chi connectivity index (χ0n) is 13.4. The fourth-order valence-electron chi connectivity index (χ4n) is 2.17. The van der Waals surface area contributed by atoms with Crippen molar-refractivity contribution in [2.24, 2.45) is 7.05 Å². The van der Waals surface area contributed by atoms with Gasteiger partial charge in [-0.05, 0) is 29.8 Å². The van der Waals surface area contributed by atoms with Gasteiger partial charge in [0.15, 0.2) is 5.69 Å². The zero-order valence-corrected chi connectivity index (χ0v) is 14.2. The van der Waals surface area contributed by atoms with Crippen LogP contribution in [0.1, 0.15) is 16.1 Å². The van der Waals surface area contributed by atoms with Gasteiger partial charge in [0.1, 0.15) is 10.8 Å². The fraction of sp³-hybridized carbons (Fsp3) is 0.235. The van der Waals surface area contributed by atoms with E-state index in [-0.39, 0.29) is 0 Å². The van der Waals surface area contributed by atoms with E-state index >= 15 is 0 Å². The summed E-state index contributed by atoms with van der Waals surface area (Å²) in [5.74, 6) is 0.375. The van der Waals surface area contributed by atoms with Crippen molar-refractivity contribution in [2.75, 3.05) is 13.7 Å². The second-order valence-electron chi connectivity index (χ2n) is 5.17. The van der Waals surface area contributed by atoms with Crippen LogP contribution in [-0.4, -0.2) is 34.5 Å². The Kier molecular flexibility index (Phi) is 4.90. The highest BCUT2D eigenvalue weighted by Gasteiger charge is 2.13. The Labute approximate surface area is 143 Å². The number of hydrogen-bond acceptors (Lipinski definition) is 6. The number of aromatic nitrogens is 3. The highest BCUT2D eigenvalue weighted by Crippen LogP contribution is 2.25. The maximum atomic E-state index is 12.1. The van der Waals surface area contributed by atoms with Crippen LogP contribution in [0.25, 0.3) is 10.6 Å². The number of benzene rings is 1. The van der Waals surface area contributed by atoms with Crippen molar-refractivity contribution in [2.45, 2.75) is 6.42 Å². The fourth-order valence-corrected chi connectivity index (χ4v) is 2.97. The minimum absolute atomic E-state index is 0.305. The summed E-state index contributed by atoms with van der Waals surface area (Å²) in [6, 6.07) is 7.55. The van der Waals surface area contributed by atoms with Crippen LogP contribution in [0.3, 0.4) is 0 Å². The third-order valence-electron chi connectivity index (χ3n) is 3.43. The molecule has 0 atom stereocenters. The molecule has 24 heavy (non-hydrogen) atoms. The summed E-state index contributed by atoms with van der Waals surface area (Å²) in [4.78, 5) is 16.4. The first-order valence-electron chi connectivity index (χ1n) is 7.40. The third kappa shape index (κ3) is 3.80. The van der Waals surface area contributed by atoms with Crippen LogP contribution in [0, 0.1) is 0 Å². The number of ether oxygens (including phenoxy) is 2.